The van der Waals surface area contributed by atoms with Crippen molar-refractivity contribution in [3.63, 3.8) is 0 Å². The molecule has 0 saturated heterocycles. The summed E-state index contributed by atoms with van der Waals surface area (Å²) in [5.41, 5.74) is 3.46. The Bertz CT molecular complexity index is 1680. The van der Waals surface area contributed by atoms with E-state index in [9.17, 15) is 13.0 Å². The van der Waals surface area contributed by atoms with Gasteiger partial charge in [-0.1, -0.05) is 18.2 Å². The number of hydrogen-bond donors (Lipinski definition) is 0. The lowest BCUT2D eigenvalue weighted by Crippen LogP contribution is -2.19. The van der Waals surface area contributed by atoms with E-state index in [4.69, 9.17) is 4.42 Å². The maximum Gasteiger partial charge on any atom is 0.227 e. The molecule has 0 bridgehead atoms. The average molecular weight is 520 g/mol. The van der Waals surface area contributed by atoms with Crippen LogP contribution in [0.25, 0.3) is 45.1 Å². The van der Waals surface area contributed by atoms with Crippen LogP contribution in [0.1, 0.15) is 26.3 Å². The second kappa shape index (κ2) is 9.44. The van der Waals surface area contributed by atoms with Crippen LogP contribution < -0.4 is 0 Å². The summed E-state index contributed by atoms with van der Waals surface area (Å²) >= 11 is 0. The zero-order chi connectivity index (χ0) is 26.3. The SMILES string of the molecule is Cn1cnnc1-c1cc(F)ccc1-c1cccc(-c2nc3cc(/C=N/S(=O)C(C)(C)C)cc(F)c3o2)c1. The van der Waals surface area contributed by atoms with Crippen molar-refractivity contribution in [2.24, 2.45) is 11.4 Å². The molecule has 0 aliphatic carbocycles. The Kier molecular flexibility index (Phi) is 6.28. The molecule has 2 aromatic heterocycles. The van der Waals surface area contributed by atoms with E-state index >= 15 is 0 Å². The molecule has 0 amide bonds. The number of halogens is 2. The van der Waals surface area contributed by atoms with Gasteiger partial charge in [-0.05, 0) is 73.9 Å². The molecule has 10 heteroatoms. The number of nitrogens with zero attached hydrogens (tertiary/aromatic N) is 5. The summed E-state index contributed by atoms with van der Waals surface area (Å²) in [5.74, 6) is -0.243. The van der Waals surface area contributed by atoms with E-state index in [0.717, 1.165) is 11.1 Å². The van der Waals surface area contributed by atoms with Crippen molar-refractivity contribution < 1.29 is 17.4 Å². The Hall–Kier alpha value is -4.05. The highest BCUT2D eigenvalue weighted by Gasteiger charge is 2.19. The van der Waals surface area contributed by atoms with Crippen LogP contribution in [0.3, 0.4) is 0 Å². The molecule has 0 aliphatic rings. The van der Waals surface area contributed by atoms with Crippen molar-refractivity contribution in [3.05, 3.63) is 78.1 Å². The van der Waals surface area contributed by atoms with Crippen LogP contribution in [0.15, 0.2) is 69.7 Å². The molecule has 0 N–H and O–H groups in total. The lowest BCUT2D eigenvalue weighted by atomic mass is 9.97. The minimum atomic E-state index is -1.47. The van der Waals surface area contributed by atoms with Crippen molar-refractivity contribution in [3.8, 4) is 34.0 Å². The molecule has 0 fully saturated rings. The van der Waals surface area contributed by atoms with Gasteiger partial charge in [0.05, 0.1) is 4.75 Å². The van der Waals surface area contributed by atoms with Crippen LogP contribution in [-0.4, -0.2) is 34.9 Å². The molecule has 2 heterocycles. The molecule has 0 spiro atoms. The summed E-state index contributed by atoms with van der Waals surface area (Å²) in [5, 5.41) is 8.03. The van der Waals surface area contributed by atoms with E-state index in [0.29, 0.717) is 28.0 Å². The van der Waals surface area contributed by atoms with Gasteiger partial charge in [0.1, 0.15) is 28.6 Å². The standard InChI is InChI=1S/C27H23F2N5O2S/c1-27(2,3)37(35)31-14-16-10-22(29)24-23(11-16)32-26(36-24)18-7-5-6-17(12-18)20-9-8-19(28)13-21(20)25-33-30-15-34(25)4/h5-15H,1-4H3/b31-14+. The van der Waals surface area contributed by atoms with Gasteiger partial charge in [0.2, 0.25) is 5.89 Å². The highest BCUT2D eigenvalue weighted by atomic mass is 32.2. The van der Waals surface area contributed by atoms with Gasteiger partial charge in [0.25, 0.3) is 0 Å². The Morgan fingerprint density at radius 1 is 1.03 bits per heavy atom. The molecular weight excluding hydrogens is 496 g/mol. The van der Waals surface area contributed by atoms with Crippen LogP contribution in [-0.2, 0) is 18.0 Å². The van der Waals surface area contributed by atoms with Crippen molar-refractivity contribution >= 4 is 28.3 Å². The van der Waals surface area contributed by atoms with Gasteiger partial charge in [-0.15, -0.1) is 10.2 Å². The number of oxazole rings is 1. The molecule has 3 aromatic carbocycles. The summed E-state index contributed by atoms with van der Waals surface area (Å²) in [4.78, 5) is 4.49. The fourth-order valence-electron chi connectivity index (χ4n) is 3.78. The maximum absolute atomic E-state index is 14.8. The van der Waals surface area contributed by atoms with Gasteiger partial charge < -0.3 is 8.98 Å². The first-order valence-corrected chi connectivity index (χ1v) is 12.5. The van der Waals surface area contributed by atoms with Gasteiger partial charge in [-0.2, -0.15) is 4.40 Å². The van der Waals surface area contributed by atoms with Crippen LogP contribution >= 0.6 is 0 Å². The number of aromatic nitrogens is 4. The van der Waals surface area contributed by atoms with Crippen molar-refractivity contribution in [1.29, 1.82) is 0 Å². The third-order valence-corrected chi connectivity index (χ3v) is 6.99. The van der Waals surface area contributed by atoms with Gasteiger partial charge in [-0.25, -0.2) is 18.0 Å². The number of benzene rings is 3. The summed E-state index contributed by atoms with van der Waals surface area (Å²) in [6, 6.07) is 14.7. The molecule has 1 unspecified atom stereocenters. The van der Waals surface area contributed by atoms with Gasteiger partial charge in [0.15, 0.2) is 17.2 Å². The first-order valence-electron chi connectivity index (χ1n) is 11.4. The Morgan fingerprint density at radius 3 is 2.54 bits per heavy atom. The maximum atomic E-state index is 14.8. The summed E-state index contributed by atoms with van der Waals surface area (Å²) in [7, 11) is 0.315. The fourth-order valence-corrected chi connectivity index (χ4v) is 4.31. The minimum Gasteiger partial charge on any atom is -0.433 e. The van der Waals surface area contributed by atoms with Gasteiger partial charge >= 0.3 is 0 Å². The Balaban J connectivity index is 1.54. The average Bonchev–Trinajstić information content (AvgIpc) is 3.48. The summed E-state index contributed by atoms with van der Waals surface area (Å²) in [6.45, 7) is 5.43. The zero-order valence-corrected chi connectivity index (χ0v) is 21.4. The molecule has 0 radical (unpaired) electrons. The van der Waals surface area contributed by atoms with Crippen molar-refractivity contribution in [2.75, 3.05) is 0 Å². The number of fused-ring (bicyclic) bond motifs is 1. The van der Waals surface area contributed by atoms with Gasteiger partial charge in [0, 0.05) is 24.4 Å². The van der Waals surface area contributed by atoms with Crippen LogP contribution in [0.4, 0.5) is 8.78 Å². The predicted octanol–water partition coefficient (Wildman–Crippen LogP) is 6.12. The molecule has 1 atom stereocenters. The quantitative estimate of drug-likeness (QED) is 0.261. The minimum absolute atomic E-state index is 0.0102. The second-order valence-corrected chi connectivity index (χ2v) is 11.4. The lowest BCUT2D eigenvalue weighted by molar-refractivity contribution is 0.564. The molecule has 37 heavy (non-hydrogen) atoms. The predicted molar refractivity (Wildman–Crippen MR) is 140 cm³/mol. The highest BCUT2D eigenvalue weighted by Crippen LogP contribution is 2.34. The molecule has 5 rings (SSSR count). The molecule has 7 nitrogen and oxygen atoms in total. The highest BCUT2D eigenvalue weighted by molar-refractivity contribution is 7.85. The fraction of sp³-hybridized carbons (Fsp3) is 0.185. The van der Waals surface area contributed by atoms with Crippen LogP contribution in [0, 0.1) is 11.6 Å². The van der Waals surface area contributed by atoms with Crippen molar-refractivity contribution in [2.45, 2.75) is 25.5 Å². The monoisotopic (exact) mass is 519 g/mol. The van der Waals surface area contributed by atoms with Crippen LogP contribution in [0.5, 0.6) is 0 Å². The van der Waals surface area contributed by atoms with E-state index in [1.54, 1.807) is 36.1 Å². The molecule has 0 saturated carbocycles. The van der Waals surface area contributed by atoms with E-state index in [2.05, 4.69) is 19.6 Å². The number of hydrogen-bond acceptors (Lipinski definition) is 5. The van der Waals surface area contributed by atoms with E-state index in [1.807, 2.05) is 39.0 Å². The largest absolute Gasteiger partial charge is 0.433 e. The number of aryl methyl sites for hydroxylation is 1. The van der Waals surface area contributed by atoms with E-state index < -0.39 is 27.4 Å². The topological polar surface area (TPSA) is 86.2 Å². The molecular formula is C27H23F2N5O2S. The molecule has 188 valence electrons. The smallest absolute Gasteiger partial charge is 0.227 e. The zero-order valence-electron chi connectivity index (χ0n) is 20.6. The number of rotatable bonds is 5. The Morgan fingerprint density at radius 2 is 1.81 bits per heavy atom. The second-order valence-electron chi connectivity index (χ2n) is 9.50. The van der Waals surface area contributed by atoms with E-state index in [1.165, 1.54) is 24.4 Å². The third-order valence-electron chi connectivity index (χ3n) is 5.64. The van der Waals surface area contributed by atoms with E-state index in [-0.39, 0.29) is 11.5 Å². The first-order chi connectivity index (χ1) is 17.6. The molecule has 0 aliphatic heterocycles. The summed E-state index contributed by atoms with van der Waals surface area (Å²) in [6.07, 6.45) is 2.93. The Labute approximate surface area is 214 Å². The first kappa shape index (κ1) is 24.6. The third kappa shape index (κ3) is 4.97. The van der Waals surface area contributed by atoms with Crippen molar-refractivity contribution in [1.82, 2.24) is 19.7 Å². The summed E-state index contributed by atoms with van der Waals surface area (Å²) < 4.78 is 52.2. The normalized spacial score (nSPS) is 13.0. The van der Waals surface area contributed by atoms with Crippen LogP contribution in [0.2, 0.25) is 0 Å². The lowest BCUT2D eigenvalue weighted by Gasteiger charge is -2.12. The van der Waals surface area contributed by atoms with Gasteiger partial charge in [-0.3, -0.25) is 0 Å². The molecule has 5 aromatic rings.